The molecule has 2 N–H and O–H groups in total. The Balaban J connectivity index is 1.47. The number of allylic oxidation sites excluding steroid dienone is 1. The summed E-state index contributed by atoms with van der Waals surface area (Å²) in [6, 6.07) is 0.723. The van der Waals surface area contributed by atoms with Gasteiger partial charge in [0, 0.05) is 6.04 Å². The zero-order valence-corrected chi connectivity index (χ0v) is 19.1. The molecule has 0 aliphatic heterocycles. The highest BCUT2D eigenvalue weighted by atomic mass is 16.3. The Labute approximate surface area is 173 Å². The molecule has 8 atom stereocenters. The molecular weight excluding hydrogens is 342 g/mol. The summed E-state index contributed by atoms with van der Waals surface area (Å²) in [5.41, 5.74) is 1.85. The summed E-state index contributed by atoms with van der Waals surface area (Å²) < 4.78 is 0. The summed E-state index contributed by atoms with van der Waals surface area (Å²) >= 11 is 0. The average molecular weight is 388 g/mol. The molecule has 4 unspecified atom stereocenters. The molecule has 160 valence electrons. The van der Waals surface area contributed by atoms with Gasteiger partial charge in [0.25, 0.3) is 0 Å². The van der Waals surface area contributed by atoms with E-state index in [4.69, 9.17) is 0 Å². The first kappa shape index (κ1) is 20.9. The van der Waals surface area contributed by atoms with Crippen molar-refractivity contribution in [2.45, 2.75) is 104 Å². The van der Waals surface area contributed by atoms with Crippen molar-refractivity contribution in [1.29, 1.82) is 0 Å². The van der Waals surface area contributed by atoms with Crippen molar-refractivity contribution in [3.8, 4) is 0 Å². The molecule has 2 nitrogen and oxygen atoms in total. The summed E-state index contributed by atoms with van der Waals surface area (Å²) in [4.78, 5) is 0. The number of rotatable bonds is 5. The zero-order valence-electron chi connectivity index (χ0n) is 19.1. The maximum Gasteiger partial charge on any atom is 0.0591 e. The Bertz CT molecular complexity index is 590. The van der Waals surface area contributed by atoms with E-state index < -0.39 is 5.60 Å². The number of aliphatic hydroxyl groups is 1. The fourth-order valence-corrected chi connectivity index (χ4v) is 8.27. The van der Waals surface area contributed by atoms with Crippen LogP contribution in [0.5, 0.6) is 0 Å². The molecule has 0 amide bonds. The van der Waals surface area contributed by atoms with Crippen LogP contribution in [0, 0.1) is 40.9 Å². The summed E-state index contributed by atoms with van der Waals surface area (Å²) in [6.07, 6.45) is 16.1. The van der Waals surface area contributed by atoms with Crippen LogP contribution >= 0.6 is 0 Å². The van der Waals surface area contributed by atoms with E-state index in [-0.39, 0.29) is 0 Å². The molecule has 0 heterocycles. The van der Waals surface area contributed by atoms with Gasteiger partial charge in [-0.1, -0.05) is 25.5 Å². The van der Waals surface area contributed by atoms with Gasteiger partial charge in [0.2, 0.25) is 0 Å². The monoisotopic (exact) mass is 387 g/mol. The first-order chi connectivity index (χ1) is 13.2. The van der Waals surface area contributed by atoms with E-state index in [0.717, 1.165) is 48.0 Å². The van der Waals surface area contributed by atoms with Crippen molar-refractivity contribution >= 4 is 0 Å². The van der Waals surface area contributed by atoms with Gasteiger partial charge in [-0.2, -0.15) is 0 Å². The molecular formula is C26H45NO. The predicted octanol–water partition coefficient (Wildman–Crippen LogP) is 5.95. The second kappa shape index (κ2) is 7.73. The standard InChI is InChI=1S/C26H45NO/c1-17(12-14-25(2,3)28)23-10-11-24-22-8-6-18-16-19(27-5)7-9-20(18)21(22)13-15-26(23,24)4/h6,17,19-24,27-28H,7-16H2,1-5H3/t17?,19-,20-,21?,22?,23+,24?,26+/m0/s1. The maximum atomic E-state index is 10.2. The molecule has 4 rings (SSSR count). The maximum absolute atomic E-state index is 10.2. The molecule has 3 saturated carbocycles. The van der Waals surface area contributed by atoms with E-state index in [1.165, 1.54) is 57.8 Å². The molecule has 0 radical (unpaired) electrons. The fourth-order valence-electron chi connectivity index (χ4n) is 8.27. The van der Waals surface area contributed by atoms with Crippen LogP contribution in [0.15, 0.2) is 11.6 Å². The third-order valence-electron chi connectivity index (χ3n) is 9.83. The predicted molar refractivity (Wildman–Crippen MR) is 118 cm³/mol. The lowest BCUT2D eigenvalue weighted by molar-refractivity contribution is -0.0283. The second-order valence-corrected chi connectivity index (χ2v) is 11.9. The molecule has 28 heavy (non-hydrogen) atoms. The van der Waals surface area contributed by atoms with Crippen LogP contribution in [0.2, 0.25) is 0 Å². The number of hydrogen-bond donors (Lipinski definition) is 2. The fraction of sp³-hybridized carbons (Fsp3) is 0.923. The summed E-state index contributed by atoms with van der Waals surface area (Å²) in [7, 11) is 2.14. The normalized spacial score (nSPS) is 44.3. The van der Waals surface area contributed by atoms with Gasteiger partial charge in [0.05, 0.1) is 5.60 Å². The smallest absolute Gasteiger partial charge is 0.0591 e. The minimum atomic E-state index is -0.512. The van der Waals surface area contributed by atoms with Gasteiger partial charge < -0.3 is 10.4 Å². The largest absolute Gasteiger partial charge is 0.390 e. The van der Waals surface area contributed by atoms with Crippen molar-refractivity contribution in [1.82, 2.24) is 5.32 Å². The van der Waals surface area contributed by atoms with Gasteiger partial charge in [-0.05, 0) is 126 Å². The van der Waals surface area contributed by atoms with Crippen LogP contribution in [0.1, 0.15) is 91.9 Å². The molecule has 4 aliphatic carbocycles. The van der Waals surface area contributed by atoms with Crippen LogP contribution in [0.3, 0.4) is 0 Å². The van der Waals surface area contributed by atoms with Gasteiger partial charge >= 0.3 is 0 Å². The second-order valence-electron chi connectivity index (χ2n) is 11.9. The van der Waals surface area contributed by atoms with Crippen LogP contribution in [0.25, 0.3) is 0 Å². The highest BCUT2D eigenvalue weighted by Gasteiger charge is 2.56. The van der Waals surface area contributed by atoms with E-state index in [1.807, 2.05) is 19.4 Å². The van der Waals surface area contributed by atoms with Crippen molar-refractivity contribution < 1.29 is 5.11 Å². The van der Waals surface area contributed by atoms with Crippen LogP contribution in [-0.2, 0) is 0 Å². The molecule has 0 spiro atoms. The Hall–Kier alpha value is -0.340. The number of fused-ring (bicyclic) bond motifs is 5. The van der Waals surface area contributed by atoms with Gasteiger partial charge in [0.15, 0.2) is 0 Å². The zero-order chi connectivity index (χ0) is 20.1. The van der Waals surface area contributed by atoms with E-state index in [1.54, 1.807) is 0 Å². The lowest BCUT2D eigenvalue weighted by atomic mass is 9.51. The third kappa shape index (κ3) is 3.73. The number of nitrogens with one attached hydrogen (secondary N) is 1. The molecule has 2 heteroatoms. The molecule has 0 aromatic heterocycles. The van der Waals surface area contributed by atoms with Crippen molar-refractivity contribution in [2.75, 3.05) is 7.05 Å². The SMILES string of the molecule is CN[C@H]1CC[C@H]2C(=CCC3C2CC[C@@]2(C)C3CC[C@@H]2C(C)CCC(C)(C)O)C1. The first-order valence-corrected chi connectivity index (χ1v) is 12.3. The topological polar surface area (TPSA) is 32.3 Å². The van der Waals surface area contributed by atoms with Crippen molar-refractivity contribution in [3.63, 3.8) is 0 Å². The minimum Gasteiger partial charge on any atom is -0.390 e. The third-order valence-corrected chi connectivity index (χ3v) is 9.83. The van der Waals surface area contributed by atoms with Gasteiger partial charge in [-0.15, -0.1) is 0 Å². The molecule has 3 fully saturated rings. The van der Waals surface area contributed by atoms with E-state index in [0.29, 0.717) is 5.41 Å². The Kier molecular flexibility index (Phi) is 5.77. The lowest BCUT2D eigenvalue weighted by Gasteiger charge is -2.54. The first-order valence-electron chi connectivity index (χ1n) is 12.3. The van der Waals surface area contributed by atoms with Gasteiger partial charge in [0.1, 0.15) is 0 Å². The van der Waals surface area contributed by atoms with E-state index in [9.17, 15) is 5.11 Å². The molecule has 0 aromatic carbocycles. The Morgan fingerprint density at radius 1 is 1.18 bits per heavy atom. The van der Waals surface area contributed by atoms with Crippen LogP contribution < -0.4 is 5.32 Å². The Morgan fingerprint density at radius 3 is 2.68 bits per heavy atom. The van der Waals surface area contributed by atoms with Gasteiger partial charge in [-0.3, -0.25) is 0 Å². The van der Waals surface area contributed by atoms with Crippen molar-refractivity contribution in [2.24, 2.45) is 40.9 Å². The Morgan fingerprint density at radius 2 is 1.96 bits per heavy atom. The molecule has 0 aromatic rings. The highest BCUT2D eigenvalue weighted by molar-refractivity contribution is 5.20. The van der Waals surface area contributed by atoms with E-state index in [2.05, 4.69) is 32.3 Å². The summed E-state index contributed by atoms with van der Waals surface area (Å²) in [5, 5.41) is 13.7. The minimum absolute atomic E-state index is 0.512. The number of hydrogen-bond acceptors (Lipinski definition) is 2. The summed E-state index contributed by atoms with van der Waals surface area (Å²) in [5.74, 6) is 5.39. The van der Waals surface area contributed by atoms with Crippen LogP contribution in [-0.4, -0.2) is 23.8 Å². The molecule has 0 bridgehead atoms. The van der Waals surface area contributed by atoms with Crippen LogP contribution in [0.4, 0.5) is 0 Å². The van der Waals surface area contributed by atoms with Crippen molar-refractivity contribution in [3.05, 3.63) is 11.6 Å². The quantitative estimate of drug-likeness (QED) is 0.571. The summed E-state index contributed by atoms with van der Waals surface area (Å²) in [6.45, 7) is 9.08. The molecule has 4 aliphatic rings. The van der Waals surface area contributed by atoms with E-state index >= 15 is 0 Å². The molecule has 0 saturated heterocycles. The van der Waals surface area contributed by atoms with Gasteiger partial charge in [-0.25, -0.2) is 0 Å². The average Bonchev–Trinajstić information content (AvgIpc) is 3.02. The lowest BCUT2D eigenvalue weighted by Crippen LogP contribution is -2.47. The highest BCUT2D eigenvalue weighted by Crippen LogP contribution is 2.64.